The number of benzene rings is 1. The second kappa shape index (κ2) is 9.48. The van der Waals surface area contributed by atoms with Crippen LogP contribution in [0.15, 0.2) is 53.5 Å². The van der Waals surface area contributed by atoms with E-state index in [1.54, 1.807) is 35.2 Å². The second-order valence-corrected chi connectivity index (χ2v) is 8.53. The molecule has 3 aromatic rings. The van der Waals surface area contributed by atoms with E-state index < -0.39 is 0 Å². The maximum Gasteiger partial charge on any atom is 0.317 e. The lowest BCUT2D eigenvalue weighted by Crippen LogP contribution is -2.53. The lowest BCUT2D eigenvalue weighted by molar-refractivity contribution is -0.133. The molecule has 0 radical (unpaired) electrons. The average molecular weight is 456 g/mol. The van der Waals surface area contributed by atoms with Gasteiger partial charge in [-0.25, -0.2) is 4.79 Å². The summed E-state index contributed by atoms with van der Waals surface area (Å²) in [5.41, 5.74) is 1.65. The Hall–Kier alpha value is -3.26. The molecule has 1 atom stereocenters. The highest BCUT2D eigenvalue weighted by Gasteiger charge is 2.28. The molecule has 1 aliphatic rings. The van der Waals surface area contributed by atoms with Gasteiger partial charge in [0.2, 0.25) is 5.91 Å². The molecule has 0 bridgehead atoms. The molecule has 0 aliphatic carbocycles. The number of nitrogens with zero attached hydrogens (tertiary/aromatic N) is 3. The van der Waals surface area contributed by atoms with Crippen molar-refractivity contribution < 1.29 is 9.59 Å². The summed E-state index contributed by atoms with van der Waals surface area (Å²) in [4.78, 5) is 44.0. The van der Waals surface area contributed by atoms with Crippen molar-refractivity contribution in [3.63, 3.8) is 0 Å². The quantitative estimate of drug-likeness (QED) is 0.619. The third-order valence-electron chi connectivity index (χ3n) is 5.89. The van der Waals surface area contributed by atoms with Crippen LogP contribution >= 0.6 is 11.6 Å². The minimum Gasteiger partial charge on any atom is -0.357 e. The van der Waals surface area contributed by atoms with Gasteiger partial charge in [0.1, 0.15) is 6.54 Å². The molecule has 3 amide bonds. The van der Waals surface area contributed by atoms with E-state index in [1.165, 1.54) is 10.6 Å². The van der Waals surface area contributed by atoms with Crippen LogP contribution in [0.3, 0.4) is 0 Å². The molecule has 1 aromatic carbocycles. The molecule has 32 heavy (non-hydrogen) atoms. The first-order valence-electron chi connectivity index (χ1n) is 10.6. The number of urea groups is 1. The molecule has 8 nitrogen and oxygen atoms in total. The fraction of sp³-hybridized carbons (Fsp3) is 0.348. The number of likely N-dealkylation sites (tertiary alicyclic amines) is 1. The van der Waals surface area contributed by atoms with Gasteiger partial charge in [-0.05, 0) is 43.2 Å². The predicted molar refractivity (Wildman–Crippen MR) is 124 cm³/mol. The third-order valence-corrected chi connectivity index (χ3v) is 6.13. The van der Waals surface area contributed by atoms with Crippen molar-refractivity contribution in [2.75, 3.05) is 20.1 Å². The van der Waals surface area contributed by atoms with Crippen LogP contribution < -0.4 is 10.9 Å². The van der Waals surface area contributed by atoms with Crippen LogP contribution in [0, 0.1) is 0 Å². The third kappa shape index (κ3) is 4.96. The fourth-order valence-electron chi connectivity index (χ4n) is 4.05. The highest BCUT2D eigenvalue weighted by molar-refractivity contribution is 6.31. The molecule has 2 N–H and O–H groups in total. The molecule has 2 aromatic heterocycles. The number of carbonyl (C=O) groups excluding carboxylic acids is 2. The van der Waals surface area contributed by atoms with E-state index in [4.69, 9.17) is 11.6 Å². The van der Waals surface area contributed by atoms with Gasteiger partial charge >= 0.3 is 6.03 Å². The van der Waals surface area contributed by atoms with E-state index in [-0.39, 0.29) is 30.1 Å². The topological polar surface area (TPSA) is 90.4 Å². The molecule has 9 heteroatoms. The minimum atomic E-state index is -0.204. The van der Waals surface area contributed by atoms with E-state index in [2.05, 4.69) is 10.3 Å². The summed E-state index contributed by atoms with van der Waals surface area (Å²) < 4.78 is 1.40. The Bertz CT molecular complexity index is 1190. The van der Waals surface area contributed by atoms with Crippen LogP contribution in [0.2, 0.25) is 5.02 Å². The van der Waals surface area contributed by atoms with Crippen LogP contribution in [0.5, 0.6) is 0 Å². The number of aromatic nitrogens is 2. The summed E-state index contributed by atoms with van der Waals surface area (Å²) in [6.07, 6.45) is 3.24. The largest absolute Gasteiger partial charge is 0.357 e. The smallest absolute Gasteiger partial charge is 0.317 e. The first-order valence-corrected chi connectivity index (χ1v) is 11.0. The molecule has 3 heterocycles. The van der Waals surface area contributed by atoms with Crippen LogP contribution in [0.25, 0.3) is 10.9 Å². The SMILES string of the molecule is CN(C(=O)NCc1cc2cc(Cl)ccc2[nH]1)C1CCCN(C(=O)Cn2ccccc2=O)C1. The van der Waals surface area contributed by atoms with Gasteiger partial charge in [0.25, 0.3) is 5.56 Å². The van der Waals surface area contributed by atoms with E-state index in [0.717, 1.165) is 29.4 Å². The summed E-state index contributed by atoms with van der Waals surface area (Å²) in [6, 6.07) is 12.1. The molecule has 1 aliphatic heterocycles. The number of H-pyrrole nitrogens is 1. The number of fused-ring (bicyclic) bond motifs is 1. The summed E-state index contributed by atoms with van der Waals surface area (Å²) >= 11 is 6.03. The lowest BCUT2D eigenvalue weighted by atomic mass is 10.0. The van der Waals surface area contributed by atoms with Gasteiger partial charge in [-0.3, -0.25) is 9.59 Å². The monoisotopic (exact) mass is 455 g/mol. The second-order valence-electron chi connectivity index (χ2n) is 8.10. The molecule has 168 valence electrons. The summed E-state index contributed by atoms with van der Waals surface area (Å²) in [5.74, 6) is -0.117. The number of nitrogens with one attached hydrogen (secondary N) is 2. The number of hydrogen-bond acceptors (Lipinski definition) is 3. The number of piperidine rings is 1. The van der Waals surface area contributed by atoms with Crippen LogP contribution in [-0.4, -0.2) is 57.5 Å². The molecule has 1 saturated heterocycles. The minimum absolute atomic E-state index is 0.00665. The Morgan fingerprint density at radius 1 is 1.25 bits per heavy atom. The number of halogens is 1. The van der Waals surface area contributed by atoms with Gasteiger partial charge < -0.3 is 24.7 Å². The molecule has 0 saturated carbocycles. The summed E-state index contributed by atoms with van der Waals surface area (Å²) in [7, 11) is 1.75. The van der Waals surface area contributed by atoms with Crippen LogP contribution in [-0.2, 0) is 17.9 Å². The van der Waals surface area contributed by atoms with Crippen molar-refractivity contribution >= 4 is 34.4 Å². The van der Waals surface area contributed by atoms with Crippen molar-refractivity contribution in [2.45, 2.75) is 32.0 Å². The van der Waals surface area contributed by atoms with Crippen molar-refractivity contribution in [1.82, 2.24) is 24.7 Å². The van der Waals surface area contributed by atoms with Gasteiger partial charge in [0.15, 0.2) is 0 Å². The standard InChI is InChI=1S/C23H26ClN5O3/c1-27(23(32)25-13-18-12-16-11-17(24)7-8-20(16)26-18)19-5-4-10-28(14-19)22(31)15-29-9-3-2-6-21(29)30/h2-3,6-9,11-12,19,26H,4-5,10,13-15H2,1H3,(H,25,32). The zero-order chi connectivity index (χ0) is 22.7. The number of likely N-dealkylation sites (N-methyl/N-ethyl adjacent to an activating group) is 1. The van der Waals surface area contributed by atoms with E-state index in [9.17, 15) is 14.4 Å². The number of pyridine rings is 1. The Morgan fingerprint density at radius 3 is 2.91 bits per heavy atom. The molecular formula is C23H26ClN5O3. The van der Waals surface area contributed by atoms with Crippen molar-refractivity contribution in [2.24, 2.45) is 0 Å². The number of carbonyl (C=O) groups is 2. The van der Waals surface area contributed by atoms with Gasteiger partial charge in [0, 0.05) is 54.0 Å². The first-order chi connectivity index (χ1) is 15.4. The number of aromatic amines is 1. The maximum absolute atomic E-state index is 12.7. The van der Waals surface area contributed by atoms with Crippen LogP contribution in [0.1, 0.15) is 18.5 Å². The number of amides is 3. The first kappa shape index (κ1) is 22.0. The van der Waals surface area contributed by atoms with Gasteiger partial charge in [-0.2, -0.15) is 0 Å². The molecule has 4 rings (SSSR count). The Morgan fingerprint density at radius 2 is 2.09 bits per heavy atom. The zero-order valence-electron chi connectivity index (χ0n) is 17.9. The zero-order valence-corrected chi connectivity index (χ0v) is 18.6. The number of rotatable bonds is 5. The Balaban J connectivity index is 1.33. The summed E-state index contributed by atoms with van der Waals surface area (Å²) in [5, 5.41) is 4.60. The van der Waals surface area contributed by atoms with Crippen molar-refractivity contribution in [3.05, 3.63) is 69.7 Å². The molecule has 0 spiro atoms. The highest BCUT2D eigenvalue weighted by Crippen LogP contribution is 2.20. The van der Waals surface area contributed by atoms with E-state index >= 15 is 0 Å². The van der Waals surface area contributed by atoms with Gasteiger partial charge in [-0.1, -0.05) is 17.7 Å². The summed E-state index contributed by atoms with van der Waals surface area (Å²) in [6.45, 7) is 1.45. The highest BCUT2D eigenvalue weighted by atomic mass is 35.5. The maximum atomic E-state index is 12.7. The number of hydrogen-bond donors (Lipinski definition) is 2. The van der Waals surface area contributed by atoms with E-state index in [0.29, 0.717) is 24.7 Å². The van der Waals surface area contributed by atoms with Gasteiger partial charge in [-0.15, -0.1) is 0 Å². The lowest BCUT2D eigenvalue weighted by Gasteiger charge is -2.37. The van der Waals surface area contributed by atoms with Crippen molar-refractivity contribution in [3.8, 4) is 0 Å². The molecular weight excluding hydrogens is 430 g/mol. The van der Waals surface area contributed by atoms with Crippen molar-refractivity contribution in [1.29, 1.82) is 0 Å². The predicted octanol–water partition coefficient (Wildman–Crippen LogP) is 2.82. The van der Waals surface area contributed by atoms with E-state index in [1.807, 2.05) is 24.3 Å². The fourth-order valence-corrected chi connectivity index (χ4v) is 4.24. The average Bonchev–Trinajstić information content (AvgIpc) is 3.20. The normalized spacial score (nSPS) is 16.2. The molecule has 1 unspecified atom stereocenters. The molecule has 1 fully saturated rings. The Kier molecular flexibility index (Phi) is 6.50. The van der Waals surface area contributed by atoms with Gasteiger partial charge in [0.05, 0.1) is 12.6 Å². The Labute approximate surface area is 190 Å². The van der Waals surface area contributed by atoms with Crippen LogP contribution in [0.4, 0.5) is 4.79 Å².